The van der Waals surface area contributed by atoms with Crippen LogP contribution in [0, 0.1) is 11.3 Å². The molecule has 0 spiro atoms. The Hall–Kier alpha value is -3.72. The summed E-state index contributed by atoms with van der Waals surface area (Å²) in [5, 5.41) is 12.2. The van der Waals surface area contributed by atoms with E-state index in [0.717, 1.165) is 5.56 Å². The first-order valence-corrected chi connectivity index (χ1v) is 11.4. The normalized spacial score (nSPS) is 11.9. The Balaban J connectivity index is 1.96. The number of carbonyl (C=O) groups excluding carboxylic acids is 3. The van der Waals surface area contributed by atoms with Gasteiger partial charge in [0.15, 0.2) is 0 Å². The zero-order valence-electron chi connectivity index (χ0n) is 20.6. The average Bonchev–Trinajstić information content (AvgIpc) is 2.78. The van der Waals surface area contributed by atoms with Gasteiger partial charge in [-0.1, -0.05) is 24.3 Å². The first-order valence-electron chi connectivity index (χ1n) is 11.4. The maximum absolute atomic E-state index is 12.6. The monoisotopic (exact) mass is 482 g/mol. The summed E-state index contributed by atoms with van der Waals surface area (Å²) in [5.41, 5.74) is 6.98. The number of amidine groups is 1. The number of nitrogens with one attached hydrogen (secondary N) is 3. The summed E-state index contributed by atoms with van der Waals surface area (Å²) in [6.07, 6.45) is 1.02. The third kappa shape index (κ3) is 9.58. The smallest absolute Gasteiger partial charge is 0.326 e. The van der Waals surface area contributed by atoms with E-state index in [2.05, 4.69) is 10.6 Å². The van der Waals surface area contributed by atoms with E-state index in [0.29, 0.717) is 37.3 Å². The summed E-state index contributed by atoms with van der Waals surface area (Å²) in [6.45, 7) is 8.45. The number of carbonyl (C=O) groups is 3. The van der Waals surface area contributed by atoms with E-state index in [1.54, 1.807) is 12.1 Å². The average molecular weight is 483 g/mol. The summed E-state index contributed by atoms with van der Waals surface area (Å²) >= 11 is 0. The molecular weight excluding hydrogens is 448 g/mol. The predicted molar refractivity (Wildman–Crippen MR) is 135 cm³/mol. The van der Waals surface area contributed by atoms with Crippen LogP contribution >= 0.6 is 0 Å². The second kappa shape index (κ2) is 12.7. The summed E-state index contributed by atoms with van der Waals surface area (Å²) in [6, 6.07) is 12.4. The highest BCUT2D eigenvalue weighted by molar-refractivity contribution is 6.08. The van der Waals surface area contributed by atoms with Crippen LogP contribution in [0.5, 0.6) is 0 Å². The van der Waals surface area contributed by atoms with Crippen molar-refractivity contribution >= 4 is 29.4 Å². The summed E-state index contributed by atoms with van der Waals surface area (Å²) in [4.78, 5) is 37.1. The number of hydrogen-bond acceptors (Lipinski definition) is 6. The van der Waals surface area contributed by atoms with Gasteiger partial charge in [0.25, 0.3) is 5.91 Å². The van der Waals surface area contributed by atoms with Crippen LogP contribution in [-0.2, 0) is 20.7 Å². The molecule has 0 aliphatic heterocycles. The van der Waals surface area contributed by atoms with E-state index in [1.165, 1.54) is 24.3 Å². The van der Waals surface area contributed by atoms with E-state index in [1.807, 2.05) is 39.8 Å². The van der Waals surface area contributed by atoms with E-state index in [9.17, 15) is 14.4 Å². The van der Waals surface area contributed by atoms with Crippen LogP contribution in [0.15, 0.2) is 48.5 Å². The molecule has 0 aliphatic carbocycles. The lowest BCUT2D eigenvalue weighted by Gasteiger charge is -2.24. The van der Waals surface area contributed by atoms with Gasteiger partial charge >= 0.3 is 12.0 Å². The van der Waals surface area contributed by atoms with Gasteiger partial charge in [-0.3, -0.25) is 20.3 Å². The number of anilines is 1. The number of amides is 3. The maximum atomic E-state index is 12.6. The minimum Gasteiger partial charge on any atom is -0.460 e. The minimum absolute atomic E-state index is 0.107. The number of nitrogen functional groups attached to an aromatic ring is 1. The molecule has 0 bridgehead atoms. The number of nitrogens with two attached hydrogens (primary N) is 1. The molecule has 5 N–H and O–H groups in total. The van der Waals surface area contributed by atoms with Gasteiger partial charge in [0.2, 0.25) is 0 Å². The molecule has 9 heteroatoms. The molecule has 0 fully saturated rings. The zero-order valence-corrected chi connectivity index (χ0v) is 20.6. The van der Waals surface area contributed by atoms with Crippen LogP contribution < -0.4 is 16.4 Å². The number of hydrogen-bond donors (Lipinski definition) is 4. The second-order valence-corrected chi connectivity index (χ2v) is 9.02. The van der Waals surface area contributed by atoms with Crippen molar-refractivity contribution in [3.05, 3.63) is 65.2 Å². The molecule has 0 aromatic heterocycles. The summed E-state index contributed by atoms with van der Waals surface area (Å²) in [5.74, 6) is -1.31. The Morgan fingerprint density at radius 3 is 2.14 bits per heavy atom. The van der Waals surface area contributed by atoms with Crippen molar-refractivity contribution in [2.45, 2.75) is 46.1 Å². The molecule has 188 valence electrons. The number of benzene rings is 2. The minimum atomic E-state index is -0.679. The van der Waals surface area contributed by atoms with Gasteiger partial charge in [-0.05, 0) is 70.4 Å². The summed E-state index contributed by atoms with van der Waals surface area (Å²) in [7, 11) is 0. The highest BCUT2D eigenvalue weighted by atomic mass is 16.6. The fourth-order valence-corrected chi connectivity index (χ4v) is 3.21. The Labute approximate surface area is 205 Å². The number of ether oxygens (including phenoxy) is 2. The van der Waals surface area contributed by atoms with Crippen LogP contribution in [-0.4, -0.2) is 42.6 Å². The van der Waals surface area contributed by atoms with Crippen molar-refractivity contribution in [3.8, 4) is 0 Å². The molecule has 35 heavy (non-hydrogen) atoms. The first kappa shape index (κ1) is 27.5. The fraction of sp³-hybridized carbons (Fsp3) is 0.385. The van der Waals surface area contributed by atoms with Crippen LogP contribution in [0.1, 0.15) is 55.6 Å². The molecular formula is C26H34N4O5. The lowest BCUT2D eigenvalue weighted by Crippen LogP contribution is -2.34. The van der Waals surface area contributed by atoms with Gasteiger partial charge in [0, 0.05) is 30.0 Å². The van der Waals surface area contributed by atoms with Gasteiger partial charge in [-0.15, -0.1) is 0 Å². The number of esters is 1. The van der Waals surface area contributed by atoms with Crippen LogP contribution in [0.25, 0.3) is 0 Å². The maximum Gasteiger partial charge on any atom is 0.326 e. The molecule has 9 nitrogen and oxygen atoms in total. The van der Waals surface area contributed by atoms with Gasteiger partial charge in [-0.2, -0.15) is 0 Å². The van der Waals surface area contributed by atoms with Crippen LogP contribution in [0.2, 0.25) is 0 Å². The number of urea groups is 1. The van der Waals surface area contributed by atoms with Crippen molar-refractivity contribution < 1.29 is 23.9 Å². The Kier molecular flexibility index (Phi) is 9.96. The first-order chi connectivity index (χ1) is 16.5. The van der Waals surface area contributed by atoms with Gasteiger partial charge < -0.3 is 20.5 Å². The largest absolute Gasteiger partial charge is 0.460 e. The molecule has 0 aliphatic rings. The molecule has 0 radical (unpaired) electrons. The Morgan fingerprint density at radius 1 is 1.00 bits per heavy atom. The van der Waals surface area contributed by atoms with E-state index < -0.39 is 17.5 Å². The van der Waals surface area contributed by atoms with Gasteiger partial charge in [0.1, 0.15) is 11.4 Å². The molecule has 1 unspecified atom stereocenters. The van der Waals surface area contributed by atoms with E-state index in [4.69, 9.17) is 20.6 Å². The van der Waals surface area contributed by atoms with E-state index in [-0.39, 0.29) is 23.3 Å². The van der Waals surface area contributed by atoms with Crippen molar-refractivity contribution in [1.29, 1.82) is 5.41 Å². The van der Waals surface area contributed by atoms with Crippen LogP contribution in [0.3, 0.4) is 0 Å². The molecule has 2 aromatic rings. The van der Waals surface area contributed by atoms with Gasteiger partial charge in [-0.25, -0.2) is 4.79 Å². The Bertz CT molecular complexity index is 1030. The third-order valence-electron chi connectivity index (χ3n) is 4.93. The third-order valence-corrected chi connectivity index (χ3v) is 4.93. The highest BCUT2D eigenvalue weighted by Crippen LogP contribution is 2.20. The lowest BCUT2D eigenvalue weighted by molar-refractivity contribution is -0.160. The second-order valence-electron chi connectivity index (χ2n) is 9.02. The molecule has 2 aromatic carbocycles. The van der Waals surface area contributed by atoms with Gasteiger partial charge in [0.05, 0.1) is 5.92 Å². The molecule has 3 amide bonds. The van der Waals surface area contributed by atoms with E-state index >= 15 is 0 Å². The van der Waals surface area contributed by atoms with Crippen molar-refractivity contribution in [1.82, 2.24) is 5.32 Å². The summed E-state index contributed by atoms with van der Waals surface area (Å²) < 4.78 is 11.0. The lowest BCUT2D eigenvalue weighted by atomic mass is 9.96. The van der Waals surface area contributed by atoms with Crippen molar-refractivity contribution in [2.24, 2.45) is 11.7 Å². The standard InChI is InChI=1S/C26H34N4O5/c1-5-34-15-14-20(24(32)35-26(2,3)4)16-17-6-12-21(13-7-17)29-25(33)30-23(31)19-10-8-18(9-11-19)22(27)28/h6-13,20H,5,14-16H2,1-4H3,(H3,27,28)(H2,29,30,31,33). The molecule has 0 heterocycles. The topological polar surface area (TPSA) is 144 Å². The number of rotatable bonds is 10. The zero-order chi connectivity index (χ0) is 26.0. The molecule has 0 saturated carbocycles. The highest BCUT2D eigenvalue weighted by Gasteiger charge is 2.25. The van der Waals surface area contributed by atoms with Crippen LogP contribution in [0.4, 0.5) is 10.5 Å². The molecule has 1 atom stereocenters. The molecule has 2 rings (SSSR count). The number of imide groups is 1. The van der Waals surface area contributed by atoms with Crippen molar-refractivity contribution in [2.75, 3.05) is 18.5 Å². The molecule has 0 saturated heterocycles. The predicted octanol–water partition coefficient (Wildman–Crippen LogP) is 3.86. The SMILES string of the molecule is CCOCCC(Cc1ccc(NC(=O)NC(=O)c2ccc(C(=N)N)cc2)cc1)C(=O)OC(C)(C)C. The fourth-order valence-electron chi connectivity index (χ4n) is 3.21. The quantitative estimate of drug-likeness (QED) is 0.175. The Morgan fingerprint density at radius 2 is 1.60 bits per heavy atom. The van der Waals surface area contributed by atoms with Crippen molar-refractivity contribution in [3.63, 3.8) is 0 Å².